The summed E-state index contributed by atoms with van der Waals surface area (Å²) in [4.78, 5) is 30.7. The third kappa shape index (κ3) is 4.90. The summed E-state index contributed by atoms with van der Waals surface area (Å²) in [6.07, 6.45) is -1.48. The third-order valence-electron chi connectivity index (χ3n) is 2.88. The molecule has 12 heteroatoms. The first kappa shape index (κ1) is 18.7. The summed E-state index contributed by atoms with van der Waals surface area (Å²) >= 11 is 0. The summed E-state index contributed by atoms with van der Waals surface area (Å²) in [7, 11) is 3.82. The molecule has 0 saturated carbocycles. The predicted octanol–water partition coefficient (Wildman–Crippen LogP) is -0.622. The molecule has 0 aliphatic carbocycles. The van der Waals surface area contributed by atoms with Crippen molar-refractivity contribution in [2.24, 2.45) is 5.73 Å². The van der Waals surface area contributed by atoms with E-state index >= 15 is 0 Å². The van der Waals surface area contributed by atoms with Crippen LogP contribution in [0.5, 0.6) is 0 Å². The second-order valence-corrected chi connectivity index (χ2v) is 10.2. The van der Waals surface area contributed by atoms with Gasteiger partial charge in [-0.05, 0) is 0 Å². The molecule has 2 rings (SSSR count). The summed E-state index contributed by atoms with van der Waals surface area (Å²) in [5.41, 5.74) is 4.06. The summed E-state index contributed by atoms with van der Waals surface area (Å²) in [5, 5.41) is 9.92. The molecule has 23 heavy (non-hydrogen) atoms. The highest BCUT2D eigenvalue weighted by Gasteiger charge is 2.37. The minimum absolute atomic E-state index is 0.0761. The van der Waals surface area contributed by atoms with Crippen LogP contribution in [0.1, 0.15) is 18.2 Å². The minimum Gasteiger partial charge on any atom is -0.388 e. The molecular weight excluding hydrogens is 363 g/mol. The van der Waals surface area contributed by atoms with Crippen molar-refractivity contribution in [1.82, 2.24) is 9.55 Å². The number of nitrogens with zero attached hydrogens (tertiary/aromatic N) is 1. The molecule has 2 heterocycles. The average Bonchev–Trinajstić information content (AvgIpc) is 2.85. The van der Waals surface area contributed by atoms with Crippen LogP contribution in [0.3, 0.4) is 0 Å². The van der Waals surface area contributed by atoms with E-state index in [1.807, 2.05) is 0 Å². The van der Waals surface area contributed by atoms with Crippen LogP contribution in [0.25, 0.3) is 0 Å². The fraction of sp³-hybridized carbons (Fsp3) is 0.455. The van der Waals surface area contributed by atoms with Crippen LogP contribution >= 0.6 is 25.4 Å². The van der Waals surface area contributed by atoms with E-state index in [1.54, 1.807) is 0 Å². The lowest BCUT2D eigenvalue weighted by atomic mass is 10.2. The van der Waals surface area contributed by atoms with Gasteiger partial charge in [-0.25, -0.2) is 9.47 Å². The predicted molar refractivity (Wildman–Crippen MR) is 90.3 cm³/mol. The maximum absolute atomic E-state index is 11.9. The Labute approximate surface area is 136 Å². The SMILES string of the molecule is NCC#Cc1cn(C2CC(O)C(OOP(P)P)O2)c(=O)[nH]c1=O. The van der Waals surface area contributed by atoms with Gasteiger partial charge in [0, 0.05) is 12.6 Å². The van der Waals surface area contributed by atoms with E-state index in [1.165, 1.54) is 6.20 Å². The van der Waals surface area contributed by atoms with Gasteiger partial charge in [-0.1, -0.05) is 29.7 Å². The lowest BCUT2D eigenvalue weighted by Crippen LogP contribution is -2.33. The molecule has 1 saturated heterocycles. The third-order valence-corrected chi connectivity index (χ3v) is 3.65. The number of hydrogen-bond donors (Lipinski definition) is 3. The number of nitrogens with one attached hydrogen (secondary N) is 1. The highest BCUT2D eigenvalue weighted by molar-refractivity contribution is 8.41. The molecule has 1 aromatic heterocycles. The van der Waals surface area contributed by atoms with Gasteiger partial charge in [-0.2, -0.15) is 4.89 Å². The Morgan fingerprint density at radius 1 is 1.57 bits per heavy atom. The van der Waals surface area contributed by atoms with Crippen LogP contribution in [0.15, 0.2) is 15.8 Å². The van der Waals surface area contributed by atoms with Gasteiger partial charge in [0.05, 0.1) is 6.54 Å². The number of aromatic nitrogens is 2. The van der Waals surface area contributed by atoms with Gasteiger partial charge < -0.3 is 15.6 Å². The fourth-order valence-electron chi connectivity index (χ4n) is 1.91. The molecule has 126 valence electrons. The van der Waals surface area contributed by atoms with Gasteiger partial charge in [-0.3, -0.25) is 14.3 Å². The Hall–Kier alpha value is -0.670. The first-order chi connectivity index (χ1) is 10.9. The Kier molecular flexibility index (Phi) is 6.84. The van der Waals surface area contributed by atoms with Crippen LogP contribution in [0.4, 0.5) is 0 Å². The normalized spacial score (nSPS) is 23.8. The highest BCUT2D eigenvalue weighted by atomic mass is 32.4. The van der Waals surface area contributed by atoms with Gasteiger partial charge in [0.2, 0.25) is 6.29 Å². The molecule has 1 aromatic rings. The lowest BCUT2D eigenvalue weighted by Gasteiger charge is -2.16. The molecule has 0 bridgehead atoms. The van der Waals surface area contributed by atoms with E-state index in [2.05, 4.69) is 34.7 Å². The van der Waals surface area contributed by atoms with Gasteiger partial charge >= 0.3 is 5.69 Å². The molecular formula is C11H16N3O6P3. The quantitative estimate of drug-likeness (QED) is 0.275. The Bertz CT molecular complexity index is 724. The first-order valence-corrected chi connectivity index (χ1v) is 10.9. The van der Waals surface area contributed by atoms with Crippen molar-refractivity contribution in [1.29, 1.82) is 0 Å². The smallest absolute Gasteiger partial charge is 0.330 e. The summed E-state index contributed by atoms with van der Waals surface area (Å²) < 4.78 is 11.5. The molecule has 1 fully saturated rings. The van der Waals surface area contributed by atoms with E-state index in [4.69, 9.17) is 20.0 Å². The average molecular weight is 379 g/mol. The van der Waals surface area contributed by atoms with Crippen molar-refractivity contribution in [2.75, 3.05) is 6.54 Å². The van der Waals surface area contributed by atoms with Crippen molar-refractivity contribution in [3.05, 3.63) is 32.6 Å². The molecule has 4 N–H and O–H groups in total. The summed E-state index contributed by atoms with van der Waals surface area (Å²) in [6, 6.07) is 0. The van der Waals surface area contributed by atoms with Crippen molar-refractivity contribution in [3.8, 4) is 11.8 Å². The van der Waals surface area contributed by atoms with Crippen LogP contribution in [0, 0.1) is 11.8 Å². The lowest BCUT2D eigenvalue weighted by molar-refractivity contribution is -0.326. The number of hydrogen-bond acceptors (Lipinski definition) is 7. The highest BCUT2D eigenvalue weighted by Crippen LogP contribution is 2.54. The van der Waals surface area contributed by atoms with E-state index < -0.39 is 37.4 Å². The summed E-state index contributed by atoms with van der Waals surface area (Å²) in [6.45, 7) is 0.0809. The minimum atomic E-state index is -1.04. The number of aromatic amines is 1. The van der Waals surface area contributed by atoms with Gasteiger partial charge in [0.15, 0.2) is 0 Å². The van der Waals surface area contributed by atoms with Crippen molar-refractivity contribution < 1.29 is 19.4 Å². The zero-order valence-corrected chi connectivity index (χ0v) is 15.0. The van der Waals surface area contributed by atoms with Crippen LogP contribution in [-0.4, -0.2) is 33.6 Å². The summed E-state index contributed by atoms with van der Waals surface area (Å²) in [5.74, 6) is 5.11. The molecule has 0 radical (unpaired) electrons. The maximum atomic E-state index is 11.9. The molecule has 0 spiro atoms. The standard InChI is InChI=1S/C11H16N3O6P3/c12-3-1-2-6-5-14(11(17)13-9(6)16)8-4-7(15)10(18-8)19-20-23(21)22/h5,7-8,10,15H,3-4,12,21-22H2,(H,13,16,17). The van der Waals surface area contributed by atoms with E-state index in [9.17, 15) is 14.7 Å². The second kappa shape index (κ2) is 8.43. The van der Waals surface area contributed by atoms with Crippen molar-refractivity contribution >= 4 is 25.4 Å². The topological polar surface area (TPSA) is 129 Å². The second-order valence-electron chi connectivity index (χ2n) is 4.51. The van der Waals surface area contributed by atoms with Gasteiger partial charge in [-0.15, -0.1) is 0 Å². The molecule has 5 unspecified atom stereocenters. The number of aliphatic hydroxyl groups excluding tert-OH is 1. The Morgan fingerprint density at radius 2 is 2.30 bits per heavy atom. The Morgan fingerprint density at radius 3 is 2.96 bits per heavy atom. The Balaban J connectivity index is 2.22. The molecule has 5 atom stereocenters. The molecule has 1 aliphatic heterocycles. The molecule has 1 aliphatic rings. The monoisotopic (exact) mass is 379 g/mol. The van der Waals surface area contributed by atoms with E-state index in [0.29, 0.717) is 0 Å². The number of aliphatic hydroxyl groups is 1. The van der Waals surface area contributed by atoms with Crippen molar-refractivity contribution in [2.45, 2.75) is 25.0 Å². The molecule has 9 nitrogen and oxygen atoms in total. The number of nitrogens with two attached hydrogens (primary N) is 1. The van der Waals surface area contributed by atoms with Crippen LogP contribution in [-0.2, 0) is 14.3 Å². The number of ether oxygens (including phenoxy) is 1. The fourth-order valence-corrected chi connectivity index (χ4v) is 2.39. The molecule has 0 amide bonds. The number of rotatable bonds is 4. The van der Waals surface area contributed by atoms with E-state index in [-0.39, 0.29) is 18.5 Å². The van der Waals surface area contributed by atoms with Crippen molar-refractivity contribution in [3.63, 3.8) is 0 Å². The van der Waals surface area contributed by atoms with Gasteiger partial charge in [0.1, 0.15) is 25.4 Å². The number of H-pyrrole nitrogens is 1. The maximum Gasteiger partial charge on any atom is 0.330 e. The van der Waals surface area contributed by atoms with E-state index in [0.717, 1.165) is 4.57 Å². The van der Waals surface area contributed by atoms with Crippen LogP contribution < -0.4 is 17.0 Å². The molecule has 0 aromatic carbocycles. The van der Waals surface area contributed by atoms with Gasteiger partial charge in [0.25, 0.3) is 5.56 Å². The zero-order valence-electron chi connectivity index (χ0n) is 11.8. The largest absolute Gasteiger partial charge is 0.388 e. The van der Waals surface area contributed by atoms with Crippen LogP contribution in [0.2, 0.25) is 0 Å². The first-order valence-electron chi connectivity index (χ1n) is 6.43. The zero-order chi connectivity index (χ0) is 17.0.